The molecule has 6 heteroatoms. The molecule has 2 aromatic carbocycles. The number of anilines is 2. The summed E-state index contributed by atoms with van der Waals surface area (Å²) in [5.41, 5.74) is 2.77. The number of aryl methyl sites for hydroxylation is 1. The van der Waals surface area contributed by atoms with Crippen molar-refractivity contribution in [3.8, 4) is 0 Å². The van der Waals surface area contributed by atoms with Crippen LogP contribution in [0.3, 0.4) is 0 Å². The van der Waals surface area contributed by atoms with Gasteiger partial charge in [0, 0.05) is 11.1 Å². The fraction of sp³-hybridized carbons (Fsp3) is 0.0625. The zero-order valence-corrected chi connectivity index (χ0v) is 12.8. The van der Waals surface area contributed by atoms with Gasteiger partial charge in [0.05, 0.1) is 10.4 Å². The number of pyridine rings is 1. The van der Waals surface area contributed by atoms with Crippen LogP contribution in [-0.4, -0.2) is 13.4 Å². The van der Waals surface area contributed by atoms with E-state index < -0.39 is 10.0 Å². The van der Waals surface area contributed by atoms with Gasteiger partial charge in [0.1, 0.15) is 5.82 Å². The van der Waals surface area contributed by atoms with Gasteiger partial charge in [0.25, 0.3) is 0 Å². The summed E-state index contributed by atoms with van der Waals surface area (Å²) in [6, 6.07) is 16.1. The summed E-state index contributed by atoms with van der Waals surface area (Å²) in [6.07, 6.45) is 0. The molecule has 3 aromatic rings. The average Bonchev–Trinajstić information content (AvgIpc) is 2.47. The van der Waals surface area contributed by atoms with Crippen LogP contribution in [0.2, 0.25) is 0 Å². The second-order valence-electron chi connectivity index (χ2n) is 5.04. The average molecular weight is 313 g/mol. The molecule has 0 bridgehead atoms. The van der Waals surface area contributed by atoms with E-state index in [1.54, 1.807) is 12.1 Å². The van der Waals surface area contributed by atoms with Gasteiger partial charge in [-0.1, -0.05) is 18.2 Å². The van der Waals surface area contributed by atoms with E-state index in [0.717, 1.165) is 22.2 Å². The molecule has 0 saturated heterocycles. The van der Waals surface area contributed by atoms with Crippen molar-refractivity contribution in [2.75, 3.05) is 5.32 Å². The highest BCUT2D eigenvalue weighted by Crippen LogP contribution is 2.23. The number of hydrogen-bond acceptors (Lipinski definition) is 4. The monoisotopic (exact) mass is 313 g/mol. The Kier molecular flexibility index (Phi) is 3.56. The minimum atomic E-state index is -3.67. The van der Waals surface area contributed by atoms with Crippen LogP contribution < -0.4 is 10.5 Å². The van der Waals surface area contributed by atoms with E-state index in [1.165, 1.54) is 12.1 Å². The van der Waals surface area contributed by atoms with Crippen LogP contribution >= 0.6 is 0 Å². The van der Waals surface area contributed by atoms with Gasteiger partial charge >= 0.3 is 0 Å². The third-order valence-electron chi connectivity index (χ3n) is 3.38. The third-order valence-corrected chi connectivity index (χ3v) is 4.31. The second-order valence-corrected chi connectivity index (χ2v) is 6.60. The number of aromatic nitrogens is 1. The van der Waals surface area contributed by atoms with E-state index in [4.69, 9.17) is 5.14 Å². The zero-order chi connectivity index (χ0) is 15.7. The van der Waals surface area contributed by atoms with Crippen LogP contribution in [0.5, 0.6) is 0 Å². The molecule has 0 saturated carbocycles. The van der Waals surface area contributed by atoms with E-state index in [0.29, 0.717) is 5.82 Å². The molecule has 0 aliphatic rings. The Labute approximate surface area is 128 Å². The minimum Gasteiger partial charge on any atom is -0.340 e. The van der Waals surface area contributed by atoms with Crippen molar-refractivity contribution in [1.29, 1.82) is 0 Å². The highest BCUT2D eigenvalue weighted by Gasteiger charge is 2.07. The van der Waals surface area contributed by atoms with E-state index in [9.17, 15) is 8.42 Å². The lowest BCUT2D eigenvalue weighted by atomic mass is 10.1. The number of sulfonamides is 1. The van der Waals surface area contributed by atoms with Crippen LogP contribution in [0.25, 0.3) is 10.9 Å². The van der Waals surface area contributed by atoms with E-state index >= 15 is 0 Å². The van der Waals surface area contributed by atoms with E-state index in [-0.39, 0.29) is 4.90 Å². The molecule has 0 amide bonds. The first kappa shape index (κ1) is 14.5. The van der Waals surface area contributed by atoms with Crippen LogP contribution in [0, 0.1) is 6.92 Å². The molecule has 0 aliphatic carbocycles. The number of nitrogens with zero attached hydrogens (tertiary/aromatic N) is 1. The normalized spacial score (nSPS) is 11.5. The molecule has 1 heterocycles. The number of primary sulfonamides is 1. The molecule has 0 fully saturated rings. The summed E-state index contributed by atoms with van der Waals surface area (Å²) < 4.78 is 22.5. The zero-order valence-electron chi connectivity index (χ0n) is 11.9. The number of rotatable bonds is 3. The number of para-hydroxylation sites is 1. The minimum absolute atomic E-state index is 0.0840. The molecule has 3 N–H and O–H groups in total. The topological polar surface area (TPSA) is 85.1 Å². The lowest BCUT2D eigenvalue weighted by molar-refractivity contribution is 0.598. The van der Waals surface area contributed by atoms with Crippen molar-refractivity contribution in [2.24, 2.45) is 5.14 Å². The smallest absolute Gasteiger partial charge is 0.238 e. The van der Waals surface area contributed by atoms with Gasteiger partial charge < -0.3 is 5.32 Å². The summed E-state index contributed by atoms with van der Waals surface area (Å²) in [5, 5.41) is 9.36. The Hall–Kier alpha value is -2.44. The van der Waals surface area contributed by atoms with Crippen LogP contribution in [0.15, 0.2) is 59.5 Å². The van der Waals surface area contributed by atoms with Crippen molar-refractivity contribution in [3.63, 3.8) is 0 Å². The van der Waals surface area contributed by atoms with Gasteiger partial charge in [-0.3, -0.25) is 0 Å². The molecule has 1 aromatic heterocycles. The first-order chi connectivity index (χ1) is 10.4. The predicted molar refractivity (Wildman–Crippen MR) is 87.6 cm³/mol. The Bertz CT molecular complexity index is 935. The van der Waals surface area contributed by atoms with Crippen LogP contribution in [-0.2, 0) is 10.0 Å². The van der Waals surface area contributed by atoms with Gasteiger partial charge in [0.15, 0.2) is 0 Å². The Morgan fingerprint density at radius 1 is 1.05 bits per heavy atom. The first-order valence-corrected chi connectivity index (χ1v) is 8.24. The highest BCUT2D eigenvalue weighted by atomic mass is 32.2. The van der Waals surface area contributed by atoms with Crippen molar-refractivity contribution in [3.05, 3.63) is 60.2 Å². The Balaban J connectivity index is 1.93. The Morgan fingerprint density at radius 2 is 1.73 bits per heavy atom. The Morgan fingerprint density at radius 3 is 2.41 bits per heavy atom. The molecule has 5 nitrogen and oxygen atoms in total. The lowest BCUT2D eigenvalue weighted by Gasteiger charge is -2.09. The van der Waals surface area contributed by atoms with Crippen molar-refractivity contribution >= 4 is 32.4 Å². The third kappa shape index (κ3) is 2.93. The maximum absolute atomic E-state index is 11.2. The van der Waals surface area contributed by atoms with Crippen molar-refractivity contribution < 1.29 is 8.42 Å². The predicted octanol–water partition coefficient (Wildman–Crippen LogP) is 2.93. The molecule has 0 spiro atoms. The molecule has 3 rings (SSSR count). The van der Waals surface area contributed by atoms with Gasteiger partial charge in [-0.15, -0.1) is 0 Å². The van der Waals surface area contributed by atoms with Gasteiger partial charge in [-0.2, -0.15) is 0 Å². The highest BCUT2D eigenvalue weighted by molar-refractivity contribution is 7.89. The maximum atomic E-state index is 11.2. The van der Waals surface area contributed by atoms with Gasteiger partial charge in [-0.05, 0) is 48.9 Å². The molecule has 0 unspecified atom stereocenters. The molecular formula is C16H15N3O2S. The molecule has 0 radical (unpaired) electrons. The SMILES string of the molecule is Cc1cc(Nc2ccc(S(N)(=O)=O)cc2)nc2ccccc12. The molecule has 22 heavy (non-hydrogen) atoms. The standard InChI is InChI=1S/C16H15N3O2S/c1-11-10-16(19-15-5-3-2-4-14(11)15)18-12-6-8-13(9-7-12)22(17,20)21/h2-10H,1H3,(H,18,19)(H2,17,20,21). The van der Waals surface area contributed by atoms with E-state index in [1.807, 2.05) is 37.3 Å². The number of nitrogens with two attached hydrogens (primary N) is 1. The second kappa shape index (κ2) is 5.40. The maximum Gasteiger partial charge on any atom is 0.238 e. The number of nitrogens with one attached hydrogen (secondary N) is 1. The first-order valence-electron chi connectivity index (χ1n) is 6.70. The fourth-order valence-corrected chi connectivity index (χ4v) is 2.80. The fourth-order valence-electron chi connectivity index (χ4n) is 2.29. The summed E-state index contributed by atoms with van der Waals surface area (Å²) >= 11 is 0. The van der Waals surface area contributed by atoms with E-state index in [2.05, 4.69) is 10.3 Å². The summed E-state index contributed by atoms with van der Waals surface area (Å²) in [4.78, 5) is 4.63. The van der Waals surface area contributed by atoms with Gasteiger partial charge in [-0.25, -0.2) is 18.5 Å². The largest absolute Gasteiger partial charge is 0.340 e. The van der Waals surface area contributed by atoms with Crippen molar-refractivity contribution in [2.45, 2.75) is 11.8 Å². The molecular weight excluding hydrogens is 298 g/mol. The molecule has 112 valence electrons. The van der Waals surface area contributed by atoms with Crippen LogP contribution in [0.4, 0.5) is 11.5 Å². The summed E-state index contributed by atoms with van der Waals surface area (Å²) in [7, 11) is -3.67. The molecule has 0 aliphatic heterocycles. The summed E-state index contributed by atoms with van der Waals surface area (Å²) in [5.74, 6) is 0.708. The summed E-state index contributed by atoms with van der Waals surface area (Å²) in [6.45, 7) is 2.03. The number of hydrogen-bond donors (Lipinski definition) is 2. The number of benzene rings is 2. The van der Waals surface area contributed by atoms with Gasteiger partial charge in [0.2, 0.25) is 10.0 Å². The number of fused-ring (bicyclic) bond motifs is 1. The molecule has 0 atom stereocenters. The quantitative estimate of drug-likeness (QED) is 0.778. The van der Waals surface area contributed by atoms with Crippen molar-refractivity contribution in [1.82, 2.24) is 4.98 Å². The lowest BCUT2D eigenvalue weighted by Crippen LogP contribution is -2.11. The van der Waals surface area contributed by atoms with Crippen LogP contribution in [0.1, 0.15) is 5.56 Å².